The van der Waals surface area contributed by atoms with Gasteiger partial charge in [-0.1, -0.05) is 6.08 Å². The van der Waals surface area contributed by atoms with Crippen molar-refractivity contribution >= 4 is 7.60 Å². The van der Waals surface area contributed by atoms with Crippen LogP contribution >= 0.6 is 7.60 Å². The normalized spacial score (nSPS) is 15.0. The van der Waals surface area contributed by atoms with Gasteiger partial charge >= 0.3 is 7.60 Å². The fourth-order valence-corrected chi connectivity index (χ4v) is 1.25. The maximum atomic E-state index is 10.7. The zero-order valence-electron chi connectivity index (χ0n) is 5.79. The van der Waals surface area contributed by atoms with Gasteiger partial charge in [0.2, 0.25) is 0 Å². The molecular weight excluding hydrogens is 174 g/mol. The molecule has 0 aromatic carbocycles. The maximum Gasteiger partial charge on any atom is 0.331 e. The van der Waals surface area contributed by atoms with Crippen LogP contribution in [0.3, 0.4) is 0 Å². The van der Waals surface area contributed by atoms with E-state index in [1.807, 2.05) is 0 Å². The molecule has 10 heavy (non-hydrogen) atoms. The van der Waals surface area contributed by atoms with Crippen molar-refractivity contribution in [2.75, 3.05) is 12.8 Å². The third kappa shape index (κ3) is 6.30. The van der Waals surface area contributed by atoms with E-state index in [4.69, 9.17) is 4.89 Å². The van der Waals surface area contributed by atoms with E-state index in [0.29, 0.717) is 0 Å². The van der Waals surface area contributed by atoms with Crippen molar-refractivity contribution in [1.82, 2.24) is 0 Å². The molecule has 0 aromatic heterocycles. The summed E-state index contributed by atoms with van der Waals surface area (Å²) in [5.41, 5.74) is 0. The molecule has 0 aliphatic carbocycles. The van der Waals surface area contributed by atoms with E-state index < -0.39 is 7.60 Å². The van der Waals surface area contributed by atoms with Crippen LogP contribution in [0.2, 0.25) is 0 Å². The predicted octanol–water partition coefficient (Wildman–Crippen LogP) is -1.60. The summed E-state index contributed by atoms with van der Waals surface area (Å²) in [4.78, 5) is 8.78. The third-order valence-electron chi connectivity index (χ3n) is 0.691. The van der Waals surface area contributed by atoms with Crippen LogP contribution in [0.5, 0.6) is 0 Å². The largest absolute Gasteiger partial charge is 1.00 e. The average Bonchev–Trinajstić information content (AvgIpc) is 1.64. The Labute approximate surface area is 67.0 Å². The van der Waals surface area contributed by atoms with Gasteiger partial charge in [-0.3, -0.25) is 4.57 Å². The lowest BCUT2D eigenvalue weighted by atomic mass is 10.8. The van der Waals surface area contributed by atoms with E-state index in [2.05, 4.69) is 11.1 Å². The van der Waals surface area contributed by atoms with Crippen molar-refractivity contribution in [3.05, 3.63) is 12.7 Å². The van der Waals surface area contributed by atoms with Gasteiger partial charge < -0.3 is 21.8 Å². The Hall–Kier alpha value is 0.180. The Morgan fingerprint density at radius 3 is 2.60 bits per heavy atom. The van der Waals surface area contributed by atoms with Gasteiger partial charge in [0.15, 0.2) is 0 Å². The molecule has 0 aliphatic rings. The Balaban J connectivity index is 0. The molecule has 0 heterocycles. The van der Waals surface area contributed by atoms with Crippen molar-refractivity contribution in [3.63, 3.8) is 0 Å². The van der Waals surface area contributed by atoms with Crippen LogP contribution < -0.4 is 12.4 Å². The van der Waals surface area contributed by atoms with Gasteiger partial charge in [0.25, 0.3) is 0 Å². The molecule has 0 rings (SSSR count). The van der Waals surface area contributed by atoms with Gasteiger partial charge in [0.05, 0.1) is 12.8 Å². The third-order valence-corrected chi connectivity index (χ3v) is 2.07. The van der Waals surface area contributed by atoms with E-state index in [0.717, 1.165) is 0 Å². The molecule has 0 aromatic rings. The molecule has 62 valence electrons. The Morgan fingerprint density at radius 2 is 2.30 bits per heavy atom. The lowest BCUT2D eigenvalue weighted by Gasteiger charge is -2.06. The van der Waals surface area contributed by atoms with Gasteiger partial charge in [-0.2, -0.15) is 0 Å². The summed E-state index contributed by atoms with van der Waals surface area (Å²) in [6, 6.07) is 0. The SMILES string of the molecule is C=CCP(=O)(O)OCC.[Cl-]. The molecular formula is C5H11ClO3P-. The van der Waals surface area contributed by atoms with Gasteiger partial charge in [-0.05, 0) is 6.92 Å². The lowest BCUT2D eigenvalue weighted by Crippen LogP contribution is -3.00. The fourth-order valence-electron chi connectivity index (χ4n) is 0.418. The van der Waals surface area contributed by atoms with Gasteiger partial charge in [0.1, 0.15) is 0 Å². The second-order valence-electron chi connectivity index (χ2n) is 1.53. The Morgan fingerprint density at radius 1 is 1.80 bits per heavy atom. The lowest BCUT2D eigenvalue weighted by molar-refractivity contribution is -0.00000708. The Bertz CT molecular complexity index is 137. The summed E-state index contributed by atoms with van der Waals surface area (Å²) >= 11 is 0. The molecule has 1 atom stereocenters. The van der Waals surface area contributed by atoms with Crippen LogP contribution in [-0.4, -0.2) is 17.7 Å². The number of hydrogen-bond donors (Lipinski definition) is 1. The van der Waals surface area contributed by atoms with Crippen LogP contribution in [0.15, 0.2) is 12.7 Å². The summed E-state index contributed by atoms with van der Waals surface area (Å²) in [6.45, 7) is 5.25. The number of halogens is 1. The number of hydrogen-bond acceptors (Lipinski definition) is 2. The molecule has 0 aliphatic heterocycles. The Kier molecular flexibility index (Phi) is 7.60. The molecule has 1 unspecified atom stereocenters. The van der Waals surface area contributed by atoms with E-state index in [9.17, 15) is 4.57 Å². The average molecular weight is 186 g/mol. The van der Waals surface area contributed by atoms with E-state index in [1.165, 1.54) is 6.08 Å². The highest BCUT2D eigenvalue weighted by atomic mass is 35.5. The van der Waals surface area contributed by atoms with E-state index in [-0.39, 0.29) is 25.2 Å². The molecule has 0 radical (unpaired) electrons. The van der Waals surface area contributed by atoms with Crippen molar-refractivity contribution < 1.29 is 26.4 Å². The van der Waals surface area contributed by atoms with Crippen molar-refractivity contribution in [1.29, 1.82) is 0 Å². The molecule has 5 heteroatoms. The highest BCUT2D eigenvalue weighted by molar-refractivity contribution is 7.53. The molecule has 0 amide bonds. The molecule has 0 spiro atoms. The summed E-state index contributed by atoms with van der Waals surface area (Å²) in [6.07, 6.45) is 1.40. The summed E-state index contributed by atoms with van der Waals surface area (Å²) in [7, 11) is -3.31. The minimum Gasteiger partial charge on any atom is -1.00 e. The quantitative estimate of drug-likeness (QED) is 0.424. The molecule has 1 N–H and O–H groups in total. The molecule has 3 nitrogen and oxygen atoms in total. The molecule has 0 saturated carbocycles. The minimum absolute atomic E-state index is 0. The second-order valence-corrected chi connectivity index (χ2v) is 3.42. The summed E-state index contributed by atoms with van der Waals surface area (Å²) in [5.74, 6) is 0. The highest BCUT2D eigenvalue weighted by Gasteiger charge is 2.14. The van der Waals surface area contributed by atoms with Crippen LogP contribution in [0.4, 0.5) is 0 Å². The smallest absolute Gasteiger partial charge is 0.331 e. The summed E-state index contributed by atoms with van der Waals surface area (Å²) < 4.78 is 15.2. The van der Waals surface area contributed by atoms with Crippen LogP contribution in [0, 0.1) is 0 Å². The number of rotatable bonds is 4. The summed E-state index contributed by atoms with van der Waals surface area (Å²) in [5, 5.41) is 0. The zero-order chi connectivity index (χ0) is 7.33. The molecule has 0 fully saturated rings. The van der Waals surface area contributed by atoms with Crippen LogP contribution in [-0.2, 0) is 9.09 Å². The first-order valence-electron chi connectivity index (χ1n) is 2.69. The van der Waals surface area contributed by atoms with Crippen molar-refractivity contribution in [2.45, 2.75) is 6.92 Å². The van der Waals surface area contributed by atoms with Crippen LogP contribution in [0.1, 0.15) is 6.92 Å². The van der Waals surface area contributed by atoms with E-state index >= 15 is 0 Å². The first-order valence-corrected chi connectivity index (χ1v) is 4.46. The second kappa shape index (κ2) is 5.93. The zero-order valence-corrected chi connectivity index (χ0v) is 7.44. The fraction of sp³-hybridized carbons (Fsp3) is 0.600. The number of allylic oxidation sites excluding steroid dienone is 1. The molecule has 0 bridgehead atoms. The van der Waals surface area contributed by atoms with Crippen molar-refractivity contribution in [2.24, 2.45) is 0 Å². The van der Waals surface area contributed by atoms with Gasteiger partial charge in [-0.15, -0.1) is 6.58 Å². The first-order chi connectivity index (χ1) is 4.12. The first kappa shape index (κ1) is 12.8. The monoisotopic (exact) mass is 185 g/mol. The maximum absolute atomic E-state index is 10.7. The highest BCUT2D eigenvalue weighted by Crippen LogP contribution is 2.41. The molecule has 0 saturated heterocycles. The minimum atomic E-state index is -3.31. The van der Waals surface area contributed by atoms with Gasteiger partial charge in [0, 0.05) is 0 Å². The standard InChI is InChI=1S/C5H11O3P.ClH/c1-3-5-9(6,7)8-4-2;/h3H,1,4-5H2,2H3,(H,6,7);1H/p-1. The predicted molar refractivity (Wildman–Crippen MR) is 36.5 cm³/mol. The van der Waals surface area contributed by atoms with Gasteiger partial charge in [-0.25, -0.2) is 0 Å². The van der Waals surface area contributed by atoms with Crippen LogP contribution in [0.25, 0.3) is 0 Å². The van der Waals surface area contributed by atoms with E-state index in [1.54, 1.807) is 6.92 Å². The van der Waals surface area contributed by atoms with Crippen molar-refractivity contribution in [3.8, 4) is 0 Å². The topological polar surface area (TPSA) is 46.5 Å².